The zero-order valence-corrected chi connectivity index (χ0v) is 9.69. The van der Waals surface area contributed by atoms with Gasteiger partial charge in [0, 0.05) is 11.5 Å². The van der Waals surface area contributed by atoms with E-state index in [4.69, 9.17) is 10.5 Å². The molecule has 88 valence electrons. The third-order valence-electron chi connectivity index (χ3n) is 2.01. The minimum atomic E-state index is -0.368. The average Bonchev–Trinajstić information content (AvgIpc) is 2.81. The molecule has 0 aliphatic rings. The molecule has 2 aromatic rings. The Morgan fingerprint density at radius 3 is 3.00 bits per heavy atom. The molecule has 0 radical (unpaired) electrons. The Bertz CT molecular complexity index is 528. The molecule has 0 spiro atoms. The first kappa shape index (κ1) is 11.3. The third kappa shape index (κ3) is 2.31. The maximum absolute atomic E-state index is 11.9. The highest BCUT2D eigenvalue weighted by molar-refractivity contribution is 7.09. The largest absolute Gasteiger partial charge is 0.494 e. The number of carbonyl (C=O) groups excluding carboxylic acids is 1. The number of hydrogen-bond donors (Lipinski definition) is 2. The van der Waals surface area contributed by atoms with E-state index in [-0.39, 0.29) is 5.91 Å². The minimum absolute atomic E-state index is 0.319. The van der Waals surface area contributed by atoms with Crippen LogP contribution in [0.5, 0.6) is 5.75 Å². The summed E-state index contributed by atoms with van der Waals surface area (Å²) in [5.41, 5.74) is 6.43. The second-order valence-electron chi connectivity index (χ2n) is 3.05. The van der Waals surface area contributed by atoms with Gasteiger partial charge in [-0.25, -0.2) is 0 Å². The van der Waals surface area contributed by atoms with Crippen molar-refractivity contribution in [3.05, 3.63) is 23.8 Å². The minimum Gasteiger partial charge on any atom is -0.494 e. The fourth-order valence-corrected chi connectivity index (χ4v) is 1.67. The lowest BCUT2D eigenvalue weighted by Gasteiger charge is -2.09. The lowest BCUT2D eigenvalue weighted by molar-refractivity contribution is 0.102. The van der Waals surface area contributed by atoms with Gasteiger partial charge in [0.25, 0.3) is 5.91 Å². The van der Waals surface area contributed by atoms with Crippen LogP contribution in [0, 0.1) is 0 Å². The summed E-state index contributed by atoms with van der Waals surface area (Å²) in [6, 6.07) is 4.94. The van der Waals surface area contributed by atoms with Gasteiger partial charge in [0.1, 0.15) is 0 Å². The molecule has 0 saturated heterocycles. The number of nitrogens with zero attached hydrogens (tertiary/aromatic N) is 3. The van der Waals surface area contributed by atoms with E-state index < -0.39 is 0 Å². The summed E-state index contributed by atoms with van der Waals surface area (Å²) < 4.78 is 8.62. The molecule has 7 nitrogen and oxygen atoms in total. The summed E-state index contributed by atoms with van der Waals surface area (Å²) in [7, 11) is 1.45. The number of benzene rings is 1. The number of hydrogen-bond acceptors (Lipinski definition) is 7. The molecule has 0 aliphatic heterocycles. The molecule has 0 atom stereocenters. The molecular formula is C9H9N5O2S. The average molecular weight is 251 g/mol. The number of methoxy groups -OCH3 is 1. The van der Waals surface area contributed by atoms with Crippen LogP contribution >= 0.6 is 11.5 Å². The topological polar surface area (TPSA) is 103 Å². The molecule has 1 aromatic heterocycles. The van der Waals surface area contributed by atoms with Crippen LogP contribution in [-0.4, -0.2) is 27.8 Å². The number of ether oxygens (including phenoxy) is 1. The van der Waals surface area contributed by atoms with Gasteiger partial charge in [-0.15, -0.1) is 0 Å². The van der Waals surface area contributed by atoms with Crippen LogP contribution in [0.3, 0.4) is 0 Å². The highest BCUT2D eigenvalue weighted by atomic mass is 32.1. The predicted octanol–water partition coefficient (Wildman–Crippen LogP) is 0.776. The number of amides is 1. The van der Waals surface area contributed by atoms with E-state index in [1.807, 2.05) is 0 Å². The molecule has 1 aromatic carbocycles. The Morgan fingerprint density at radius 1 is 1.53 bits per heavy atom. The molecule has 1 amide bonds. The maximum Gasteiger partial charge on any atom is 0.261 e. The van der Waals surface area contributed by atoms with Crippen molar-refractivity contribution in [2.24, 2.45) is 0 Å². The summed E-state index contributed by atoms with van der Waals surface area (Å²) in [4.78, 5) is 11.9. The molecule has 0 unspecified atom stereocenters. The van der Waals surface area contributed by atoms with Gasteiger partial charge >= 0.3 is 0 Å². The van der Waals surface area contributed by atoms with Crippen molar-refractivity contribution < 1.29 is 9.53 Å². The van der Waals surface area contributed by atoms with Crippen LogP contribution in [0.15, 0.2) is 18.2 Å². The summed E-state index contributed by atoms with van der Waals surface area (Å²) in [6.45, 7) is 0. The molecule has 0 bridgehead atoms. The highest BCUT2D eigenvalue weighted by Gasteiger charge is 2.15. The van der Waals surface area contributed by atoms with Crippen molar-refractivity contribution in [3.63, 3.8) is 0 Å². The van der Waals surface area contributed by atoms with Crippen LogP contribution in [-0.2, 0) is 0 Å². The van der Waals surface area contributed by atoms with Crippen molar-refractivity contribution in [3.8, 4) is 5.75 Å². The summed E-state index contributed by atoms with van der Waals surface area (Å²) in [6.07, 6.45) is 0. The number of nitrogen functional groups attached to an aromatic ring is 1. The Kier molecular flexibility index (Phi) is 3.15. The van der Waals surface area contributed by atoms with E-state index in [1.165, 1.54) is 7.11 Å². The van der Waals surface area contributed by atoms with Crippen LogP contribution in [0.2, 0.25) is 0 Å². The van der Waals surface area contributed by atoms with Crippen molar-refractivity contribution in [2.75, 3.05) is 18.2 Å². The van der Waals surface area contributed by atoms with E-state index in [1.54, 1.807) is 18.2 Å². The Morgan fingerprint density at radius 2 is 2.35 bits per heavy atom. The first-order valence-electron chi connectivity index (χ1n) is 4.61. The third-order valence-corrected chi connectivity index (χ3v) is 2.53. The van der Waals surface area contributed by atoms with Gasteiger partial charge in [-0.3, -0.25) is 10.1 Å². The normalized spacial score (nSPS) is 9.94. The molecule has 17 heavy (non-hydrogen) atoms. The lowest BCUT2D eigenvalue weighted by atomic mass is 10.1. The van der Waals surface area contributed by atoms with Crippen LogP contribution in [0.1, 0.15) is 10.4 Å². The van der Waals surface area contributed by atoms with E-state index in [0.717, 1.165) is 11.5 Å². The van der Waals surface area contributed by atoms with Crippen LogP contribution < -0.4 is 15.8 Å². The van der Waals surface area contributed by atoms with Crippen molar-refractivity contribution in [1.29, 1.82) is 0 Å². The molecule has 3 N–H and O–H groups in total. The fraction of sp³-hybridized carbons (Fsp3) is 0.111. The standard InChI is InChI=1S/C9H9N5O2S/c1-16-7-5(3-2-4-6(7)10)8(15)11-9-12-13-14-17-9/h2-4H,10H2,1H3,(H,11,12,14,15). The van der Waals surface area contributed by atoms with Gasteiger partial charge in [0.15, 0.2) is 5.75 Å². The van der Waals surface area contributed by atoms with Gasteiger partial charge in [-0.05, 0) is 17.3 Å². The van der Waals surface area contributed by atoms with Crippen LogP contribution in [0.25, 0.3) is 0 Å². The summed E-state index contributed by atoms with van der Waals surface area (Å²) in [5.74, 6) is -0.0322. The quantitative estimate of drug-likeness (QED) is 0.781. The molecule has 2 rings (SSSR count). The molecule has 1 heterocycles. The lowest BCUT2D eigenvalue weighted by Crippen LogP contribution is -2.13. The van der Waals surface area contributed by atoms with E-state index in [2.05, 4.69) is 20.1 Å². The van der Waals surface area contributed by atoms with Gasteiger partial charge in [-0.1, -0.05) is 15.7 Å². The Hall–Kier alpha value is -2.22. The SMILES string of the molecule is COc1c(N)cccc1C(=O)Nc1nnns1. The molecule has 0 saturated carbocycles. The zero-order chi connectivity index (χ0) is 12.3. The van der Waals surface area contributed by atoms with E-state index in [9.17, 15) is 4.79 Å². The number of nitrogens with two attached hydrogens (primary N) is 1. The van der Waals surface area contributed by atoms with Gasteiger partial charge < -0.3 is 10.5 Å². The molecule has 0 aliphatic carbocycles. The molecule has 0 fully saturated rings. The maximum atomic E-state index is 11.9. The number of anilines is 2. The second-order valence-corrected chi connectivity index (χ2v) is 3.78. The van der Waals surface area contributed by atoms with Gasteiger partial charge in [-0.2, -0.15) is 0 Å². The number of para-hydroxylation sites is 1. The molecule has 8 heteroatoms. The Balaban J connectivity index is 2.28. The van der Waals surface area contributed by atoms with E-state index in [0.29, 0.717) is 22.1 Å². The van der Waals surface area contributed by atoms with Crippen molar-refractivity contribution in [1.82, 2.24) is 14.8 Å². The number of rotatable bonds is 3. The van der Waals surface area contributed by atoms with E-state index >= 15 is 0 Å². The van der Waals surface area contributed by atoms with Crippen molar-refractivity contribution >= 4 is 28.3 Å². The first-order valence-corrected chi connectivity index (χ1v) is 5.38. The summed E-state index contributed by atoms with van der Waals surface area (Å²) >= 11 is 0.987. The van der Waals surface area contributed by atoms with Gasteiger partial charge in [0.05, 0.1) is 18.4 Å². The predicted molar refractivity (Wildman–Crippen MR) is 63.1 cm³/mol. The smallest absolute Gasteiger partial charge is 0.261 e. The van der Waals surface area contributed by atoms with Crippen molar-refractivity contribution in [2.45, 2.75) is 0 Å². The summed E-state index contributed by atoms with van der Waals surface area (Å²) in [5, 5.41) is 9.86. The number of aromatic nitrogens is 3. The molecular weight excluding hydrogens is 242 g/mol. The zero-order valence-electron chi connectivity index (χ0n) is 8.88. The first-order chi connectivity index (χ1) is 8.22. The van der Waals surface area contributed by atoms with Crippen LogP contribution in [0.4, 0.5) is 10.8 Å². The highest BCUT2D eigenvalue weighted by Crippen LogP contribution is 2.26. The number of nitrogens with one attached hydrogen (secondary N) is 1. The number of carbonyl (C=O) groups is 1. The fourth-order valence-electron chi connectivity index (χ4n) is 1.31. The second kappa shape index (κ2) is 4.74. The van der Waals surface area contributed by atoms with Gasteiger partial charge in [0.2, 0.25) is 5.13 Å². The Labute approximate surface area is 101 Å². The monoisotopic (exact) mass is 251 g/mol.